The third kappa shape index (κ3) is 2.81. The van der Waals surface area contributed by atoms with E-state index in [1.54, 1.807) is 6.07 Å². The van der Waals surface area contributed by atoms with Crippen molar-refractivity contribution in [3.05, 3.63) is 47.0 Å². The van der Waals surface area contributed by atoms with Gasteiger partial charge in [0, 0.05) is 11.6 Å². The lowest BCUT2D eigenvalue weighted by Crippen LogP contribution is -2.05. The van der Waals surface area contributed by atoms with E-state index in [9.17, 15) is 9.59 Å². The maximum Gasteiger partial charge on any atom is 0.328 e. The summed E-state index contributed by atoms with van der Waals surface area (Å²) in [6.07, 6.45) is 6.44. The number of hydrogen-bond acceptors (Lipinski definition) is 2. The van der Waals surface area contributed by atoms with Gasteiger partial charge in [0.1, 0.15) is 0 Å². The lowest BCUT2D eigenvalue weighted by molar-refractivity contribution is -0.131. The minimum Gasteiger partial charge on any atom is -0.478 e. The van der Waals surface area contributed by atoms with Crippen molar-refractivity contribution >= 4 is 11.8 Å². The highest BCUT2D eigenvalue weighted by Crippen LogP contribution is 2.22. The molecule has 88 valence electrons. The minimum atomic E-state index is -1.10. The molecule has 0 unspecified atom stereocenters. The minimum absolute atomic E-state index is 0.249. The van der Waals surface area contributed by atoms with Crippen molar-refractivity contribution in [3.8, 4) is 0 Å². The molecule has 0 heterocycles. The largest absolute Gasteiger partial charge is 0.478 e. The van der Waals surface area contributed by atoms with Gasteiger partial charge in [0.15, 0.2) is 5.78 Å². The molecule has 1 aliphatic rings. The molecule has 1 aromatic carbocycles. The number of allylic oxidation sites excluding steroid dienone is 1. The summed E-state index contributed by atoms with van der Waals surface area (Å²) in [5.41, 5.74) is 3.11. The van der Waals surface area contributed by atoms with E-state index in [4.69, 9.17) is 5.11 Å². The van der Waals surface area contributed by atoms with Crippen LogP contribution in [0.2, 0.25) is 0 Å². The normalized spacial score (nSPS) is 14.6. The second-order valence-electron chi connectivity index (χ2n) is 4.23. The molecule has 0 aliphatic heterocycles. The van der Waals surface area contributed by atoms with Crippen LogP contribution in [0, 0.1) is 0 Å². The van der Waals surface area contributed by atoms with Crippen LogP contribution >= 0.6 is 0 Å². The van der Waals surface area contributed by atoms with Crippen molar-refractivity contribution in [3.63, 3.8) is 0 Å². The summed E-state index contributed by atoms with van der Waals surface area (Å²) in [5.74, 6) is -1.35. The maximum absolute atomic E-state index is 11.7. The van der Waals surface area contributed by atoms with Crippen molar-refractivity contribution in [2.75, 3.05) is 0 Å². The summed E-state index contributed by atoms with van der Waals surface area (Å²) >= 11 is 0. The number of aliphatic carboxylic acids is 1. The number of fused-ring (bicyclic) bond motifs is 1. The van der Waals surface area contributed by atoms with Crippen molar-refractivity contribution in [2.24, 2.45) is 0 Å². The monoisotopic (exact) mass is 230 g/mol. The summed E-state index contributed by atoms with van der Waals surface area (Å²) in [4.78, 5) is 22.0. The standard InChI is InChI=1S/C14H14O3/c15-13(7-8-14(16)17)12-6-5-10-3-1-2-4-11(10)9-12/h5-9H,1-4H2,(H,16,17). The summed E-state index contributed by atoms with van der Waals surface area (Å²) in [5, 5.41) is 8.46. The van der Waals surface area contributed by atoms with Gasteiger partial charge >= 0.3 is 5.97 Å². The van der Waals surface area contributed by atoms with Gasteiger partial charge in [-0.3, -0.25) is 4.79 Å². The predicted molar refractivity (Wildman–Crippen MR) is 64.2 cm³/mol. The highest BCUT2D eigenvalue weighted by molar-refractivity contribution is 6.06. The van der Waals surface area contributed by atoms with Crippen LogP contribution in [0.5, 0.6) is 0 Å². The van der Waals surface area contributed by atoms with Gasteiger partial charge in [0.05, 0.1) is 0 Å². The van der Waals surface area contributed by atoms with Gasteiger partial charge in [-0.15, -0.1) is 0 Å². The molecule has 1 N–H and O–H groups in total. The molecule has 0 aromatic heterocycles. The van der Waals surface area contributed by atoms with Crippen LogP contribution in [0.1, 0.15) is 34.3 Å². The van der Waals surface area contributed by atoms with E-state index in [0.717, 1.165) is 31.4 Å². The second-order valence-corrected chi connectivity index (χ2v) is 4.23. The molecule has 0 fully saturated rings. The lowest BCUT2D eigenvalue weighted by atomic mass is 9.90. The molecule has 1 aromatic rings. The summed E-state index contributed by atoms with van der Waals surface area (Å²) in [7, 11) is 0. The Morgan fingerprint density at radius 1 is 1.06 bits per heavy atom. The average Bonchev–Trinajstić information content (AvgIpc) is 2.35. The van der Waals surface area contributed by atoms with Crippen molar-refractivity contribution in [1.82, 2.24) is 0 Å². The Kier molecular flexibility index (Phi) is 3.38. The second kappa shape index (κ2) is 4.95. The average molecular weight is 230 g/mol. The Hall–Kier alpha value is -1.90. The Morgan fingerprint density at radius 3 is 2.47 bits per heavy atom. The van der Waals surface area contributed by atoms with Crippen LogP contribution < -0.4 is 0 Å². The first-order chi connectivity index (χ1) is 8.16. The number of carboxylic acid groups (broad SMARTS) is 1. The number of ketones is 1. The van der Waals surface area contributed by atoms with Crippen LogP contribution in [-0.2, 0) is 17.6 Å². The smallest absolute Gasteiger partial charge is 0.328 e. The van der Waals surface area contributed by atoms with Crippen molar-refractivity contribution < 1.29 is 14.7 Å². The molecule has 0 saturated carbocycles. The zero-order valence-electron chi connectivity index (χ0n) is 9.48. The molecular weight excluding hydrogens is 216 g/mol. The molecule has 0 bridgehead atoms. The molecule has 2 rings (SSSR count). The molecule has 3 nitrogen and oxygen atoms in total. The number of hydrogen-bond donors (Lipinski definition) is 1. The van der Waals surface area contributed by atoms with E-state index in [1.807, 2.05) is 12.1 Å². The van der Waals surface area contributed by atoms with E-state index in [-0.39, 0.29) is 5.78 Å². The fourth-order valence-electron chi connectivity index (χ4n) is 2.13. The van der Waals surface area contributed by atoms with Gasteiger partial charge in [-0.05, 0) is 49.0 Å². The van der Waals surface area contributed by atoms with Crippen LogP contribution in [0.3, 0.4) is 0 Å². The zero-order chi connectivity index (χ0) is 12.3. The molecular formula is C14H14O3. The van der Waals surface area contributed by atoms with Gasteiger partial charge in [-0.2, -0.15) is 0 Å². The maximum atomic E-state index is 11.7. The van der Waals surface area contributed by atoms with Crippen molar-refractivity contribution in [2.45, 2.75) is 25.7 Å². The van der Waals surface area contributed by atoms with Gasteiger partial charge in [-0.1, -0.05) is 12.1 Å². The Labute approximate surface area is 99.8 Å². The third-order valence-electron chi connectivity index (χ3n) is 3.01. The van der Waals surface area contributed by atoms with E-state index >= 15 is 0 Å². The Bertz CT molecular complexity index is 486. The zero-order valence-corrected chi connectivity index (χ0v) is 9.48. The molecule has 0 amide bonds. The molecule has 0 spiro atoms. The van der Waals surface area contributed by atoms with Gasteiger partial charge in [-0.25, -0.2) is 4.79 Å². The van der Waals surface area contributed by atoms with Crippen LogP contribution in [0.15, 0.2) is 30.4 Å². The van der Waals surface area contributed by atoms with Gasteiger partial charge in [0.2, 0.25) is 0 Å². The summed E-state index contributed by atoms with van der Waals surface area (Å²) < 4.78 is 0. The van der Waals surface area contributed by atoms with Gasteiger partial charge in [0.25, 0.3) is 0 Å². The van der Waals surface area contributed by atoms with Gasteiger partial charge < -0.3 is 5.11 Å². The number of rotatable bonds is 3. The van der Waals surface area contributed by atoms with E-state index in [0.29, 0.717) is 5.56 Å². The lowest BCUT2D eigenvalue weighted by Gasteiger charge is -2.15. The molecule has 0 radical (unpaired) electrons. The first-order valence-electron chi connectivity index (χ1n) is 5.74. The van der Waals surface area contributed by atoms with E-state index < -0.39 is 5.97 Å². The SMILES string of the molecule is O=C(O)C=CC(=O)c1ccc2c(c1)CCCC2. The first-order valence-corrected chi connectivity index (χ1v) is 5.74. The number of carbonyl (C=O) groups excluding carboxylic acids is 1. The fourth-order valence-corrected chi connectivity index (χ4v) is 2.13. The summed E-state index contributed by atoms with van der Waals surface area (Å²) in [6, 6.07) is 5.65. The molecule has 0 saturated heterocycles. The Balaban J connectivity index is 2.22. The quantitative estimate of drug-likeness (QED) is 0.640. The number of carbonyl (C=O) groups is 2. The molecule has 1 aliphatic carbocycles. The first kappa shape index (κ1) is 11.6. The highest BCUT2D eigenvalue weighted by atomic mass is 16.4. The predicted octanol–water partition coefficient (Wildman–Crippen LogP) is 2.39. The number of benzene rings is 1. The number of carboxylic acids is 1. The molecule has 0 atom stereocenters. The van der Waals surface area contributed by atoms with E-state index in [1.165, 1.54) is 17.5 Å². The summed E-state index contributed by atoms with van der Waals surface area (Å²) in [6.45, 7) is 0. The van der Waals surface area contributed by atoms with E-state index in [2.05, 4.69) is 0 Å². The van der Waals surface area contributed by atoms with Crippen LogP contribution in [-0.4, -0.2) is 16.9 Å². The fraction of sp³-hybridized carbons (Fsp3) is 0.286. The Morgan fingerprint density at radius 2 is 1.76 bits per heavy atom. The third-order valence-corrected chi connectivity index (χ3v) is 3.01. The molecule has 3 heteroatoms. The topological polar surface area (TPSA) is 54.4 Å². The van der Waals surface area contributed by atoms with Crippen molar-refractivity contribution in [1.29, 1.82) is 0 Å². The van der Waals surface area contributed by atoms with Crippen LogP contribution in [0.4, 0.5) is 0 Å². The highest BCUT2D eigenvalue weighted by Gasteiger charge is 2.11. The number of aryl methyl sites for hydroxylation is 2. The molecule has 17 heavy (non-hydrogen) atoms. The van der Waals surface area contributed by atoms with Crippen LogP contribution in [0.25, 0.3) is 0 Å².